The van der Waals surface area contributed by atoms with Crippen molar-refractivity contribution in [1.82, 2.24) is 20.5 Å². The number of aliphatic hydroxyl groups is 1. The molecule has 366 valence electrons. The van der Waals surface area contributed by atoms with Crippen LogP contribution in [-0.2, 0) is 35.2 Å². The number of carbonyl (C=O) groups excluding carboxylic acids is 4. The van der Waals surface area contributed by atoms with E-state index < -0.39 is 40.3 Å². The second kappa shape index (κ2) is 23.0. The molecule has 4 atom stereocenters. The van der Waals surface area contributed by atoms with Gasteiger partial charge >= 0.3 is 0 Å². The van der Waals surface area contributed by atoms with Gasteiger partial charge in [0.2, 0.25) is 17.7 Å². The SMILES string of the molecule is Cc1ncsc1-c1ccc([C@H](C)NC(=O)[C@@H]2C[C@@H](O)CN2C(=O)C(NC(=O)COCCOCCOc2ccc(CN3C(=O)C(=C/C=C/c4ccc([N+](=O)[O-])cc4)c4ccccc43)cc2)C(C)(C)C)cc1. The standard InChI is InChI=1S/C53H58N6O10S/c1-34(38-17-19-39(20-18-38)48-35(2)54-33-70-48)55-50(62)46-29-41(60)31-58(46)52(64)49(53(3,4)5)56-47(61)32-68-26-25-67-27-28-69-42-23-15-37(16-24-42)30-57-45-12-7-6-10-43(45)44(51(57)63)11-8-9-36-13-21-40(22-14-36)59(65)66/h6-24,33-34,41,46,49,60H,25-32H2,1-5H3,(H,55,62)(H,56,61)/b9-8+,44-11?/t34-,41+,46-,49?/m0/s1. The van der Waals surface area contributed by atoms with Crippen molar-refractivity contribution >= 4 is 58.0 Å². The summed E-state index contributed by atoms with van der Waals surface area (Å²) >= 11 is 1.57. The highest BCUT2D eigenvalue weighted by atomic mass is 32.1. The van der Waals surface area contributed by atoms with E-state index in [1.165, 1.54) is 17.0 Å². The summed E-state index contributed by atoms with van der Waals surface area (Å²) in [4.78, 5) is 73.4. The molecule has 1 saturated heterocycles. The molecular weight excluding hydrogens is 913 g/mol. The Labute approximate surface area is 411 Å². The smallest absolute Gasteiger partial charge is 0.269 e. The molecule has 7 rings (SSSR count). The Bertz CT molecular complexity index is 2710. The number of nitrogens with one attached hydrogen (secondary N) is 2. The van der Waals surface area contributed by atoms with Gasteiger partial charge in [0.25, 0.3) is 11.6 Å². The summed E-state index contributed by atoms with van der Waals surface area (Å²) in [5, 5.41) is 27.4. The lowest BCUT2D eigenvalue weighted by molar-refractivity contribution is -0.384. The number of benzene rings is 4. The van der Waals surface area contributed by atoms with Gasteiger partial charge in [0.05, 0.1) is 65.2 Å². The van der Waals surface area contributed by atoms with Crippen molar-refractivity contribution in [1.29, 1.82) is 0 Å². The van der Waals surface area contributed by atoms with Crippen LogP contribution in [-0.4, -0.2) is 101 Å². The lowest BCUT2D eigenvalue weighted by Crippen LogP contribution is -2.58. The molecule has 4 amide bonds. The average molecular weight is 971 g/mol. The van der Waals surface area contributed by atoms with Gasteiger partial charge in [-0.1, -0.05) is 87.5 Å². The number of anilines is 1. The zero-order valence-corrected chi connectivity index (χ0v) is 40.6. The van der Waals surface area contributed by atoms with Crippen molar-refractivity contribution in [3.63, 3.8) is 0 Å². The number of amides is 4. The third-order valence-electron chi connectivity index (χ3n) is 12.0. The first kappa shape index (κ1) is 50.8. The number of fused-ring (bicyclic) bond motifs is 1. The molecule has 0 bridgehead atoms. The Balaban J connectivity index is 0.813. The van der Waals surface area contributed by atoms with Crippen LogP contribution in [0.5, 0.6) is 5.75 Å². The predicted octanol–water partition coefficient (Wildman–Crippen LogP) is 7.45. The van der Waals surface area contributed by atoms with Crippen molar-refractivity contribution in [2.24, 2.45) is 5.41 Å². The van der Waals surface area contributed by atoms with E-state index in [0.717, 1.165) is 44.1 Å². The van der Waals surface area contributed by atoms with Gasteiger partial charge in [0.1, 0.15) is 31.0 Å². The summed E-state index contributed by atoms with van der Waals surface area (Å²) in [6.07, 6.45) is 4.50. The van der Waals surface area contributed by atoms with Gasteiger partial charge in [-0.2, -0.15) is 0 Å². The topological polar surface area (TPSA) is 203 Å². The fourth-order valence-corrected chi connectivity index (χ4v) is 9.09. The molecule has 5 aromatic rings. The largest absolute Gasteiger partial charge is 0.491 e. The van der Waals surface area contributed by atoms with E-state index in [9.17, 15) is 34.4 Å². The van der Waals surface area contributed by atoms with Gasteiger partial charge in [-0.15, -0.1) is 11.3 Å². The van der Waals surface area contributed by atoms with Gasteiger partial charge in [0, 0.05) is 36.2 Å². The summed E-state index contributed by atoms with van der Waals surface area (Å²) in [7, 11) is 0. The van der Waals surface area contributed by atoms with E-state index in [1.54, 1.807) is 46.6 Å². The summed E-state index contributed by atoms with van der Waals surface area (Å²) in [6, 6.07) is 26.9. The first-order valence-electron chi connectivity index (χ1n) is 23.1. The fraction of sp³-hybridized carbons (Fsp3) is 0.340. The van der Waals surface area contributed by atoms with Crippen LogP contribution >= 0.6 is 11.3 Å². The third-order valence-corrected chi connectivity index (χ3v) is 13.0. The molecule has 17 heteroatoms. The molecule has 70 heavy (non-hydrogen) atoms. The van der Waals surface area contributed by atoms with E-state index >= 15 is 0 Å². The Hall–Kier alpha value is -7.05. The van der Waals surface area contributed by atoms with E-state index in [4.69, 9.17) is 14.2 Å². The second-order valence-electron chi connectivity index (χ2n) is 18.2. The first-order chi connectivity index (χ1) is 33.6. The van der Waals surface area contributed by atoms with Crippen molar-refractivity contribution in [2.45, 2.75) is 71.8 Å². The highest BCUT2D eigenvalue weighted by Gasteiger charge is 2.45. The minimum atomic E-state index is -0.992. The number of thiazole rings is 1. The van der Waals surface area contributed by atoms with Crippen LogP contribution < -0.4 is 20.3 Å². The number of rotatable bonds is 20. The number of nitro groups is 1. The number of carbonyl (C=O) groups is 4. The number of nitrogens with zero attached hydrogens (tertiary/aromatic N) is 4. The maximum atomic E-state index is 14.0. The fourth-order valence-electron chi connectivity index (χ4n) is 8.28. The molecule has 0 radical (unpaired) electrons. The second-order valence-corrected chi connectivity index (χ2v) is 19.1. The number of non-ortho nitro benzene ring substituents is 1. The Morgan fingerprint density at radius 2 is 1.64 bits per heavy atom. The highest BCUT2D eigenvalue weighted by Crippen LogP contribution is 2.38. The van der Waals surface area contributed by atoms with Crippen molar-refractivity contribution in [3.8, 4) is 16.2 Å². The predicted molar refractivity (Wildman–Crippen MR) is 268 cm³/mol. The number of β-amino-alcohol motifs (C(OH)–C–C–N with tert-alkyl or cyclic N) is 1. The molecule has 16 nitrogen and oxygen atoms in total. The minimum absolute atomic E-state index is 0.0108. The molecule has 1 unspecified atom stereocenters. The summed E-state index contributed by atoms with van der Waals surface area (Å²) in [5.41, 5.74) is 7.82. The highest BCUT2D eigenvalue weighted by molar-refractivity contribution is 7.13. The Morgan fingerprint density at radius 3 is 2.33 bits per heavy atom. The first-order valence-corrected chi connectivity index (χ1v) is 24.0. The normalized spacial score (nSPS) is 17.2. The van der Waals surface area contributed by atoms with Crippen molar-refractivity contribution in [3.05, 3.63) is 153 Å². The van der Waals surface area contributed by atoms with Crippen LogP contribution in [0.1, 0.15) is 68.1 Å². The van der Waals surface area contributed by atoms with Gasteiger partial charge in [-0.3, -0.25) is 29.3 Å². The summed E-state index contributed by atoms with van der Waals surface area (Å²) < 4.78 is 17.1. The van der Waals surface area contributed by atoms with Crippen LogP contribution in [0.2, 0.25) is 0 Å². The summed E-state index contributed by atoms with van der Waals surface area (Å²) in [6.45, 7) is 10.1. The van der Waals surface area contributed by atoms with Crippen LogP contribution in [0, 0.1) is 22.5 Å². The molecule has 0 aliphatic carbocycles. The number of aryl methyl sites for hydroxylation is 1. The third kappa shape index (κ3) is 12.8. The quantitative estimate of drug-likeness (QED) is 0.0303. The van der Waals surface area contributed by atoms with E-state index in [2.05, 4.69) is 15.6 Å². The molecule has 3 N–H and O–H groups in total. The number of aliphatic hydroxyl groups excluding tert-OH is 1. The van der Waals surface area contributed by atoms with Crippen molar-refractivity contribution < 1.29 is 43.4 Å². The molecule has 2 aliphatic rings. The van der Waals surface area contributed by atoms with Crippen LogP contribution in [0.3, 0.4) is 0 Å². The number of allylic oxidation sites excluding steroid dienone is 2. The number of ether oxygens (including phenoxy) is 3. The number of hydrogen-bond donors (Lipinski definition) is 3. The van der Waals surface area contributed by atoms with Gasteiger partial charge in [0.15, 0.2) is 0 Å². The number of nitro benzene ring substituents is 1. The van der Waals surface area contributed by atoms with Gasteiger partial charge in [-0.05, 0) is 77.9 Å². The molecule has 1 fully saturated rings. The molecule has 0 spiro atoms. The number of hydrogen-bond acceptors (Lipinski definition) is 12. The molecule has 3 heterocycles. The Kier molecular flexibility index (Phi) is 16.7. The number of aromatic nitrogens is 1. The zero-order valence-electron chi connectivity index (χ0n) is 39.8. The van der Waals surface area contributed by atoms with E-state index in [0.29, 0.717) is 17.9 Å². The van der Waals surface area contributed by atoms with E-state index in [-0.39, 0.29) is 69.5 Å². The number of para-hydroxylation sites is 1. The maximum absolute atomic E-state index is 14.0. The molecule has 0 saturated carbocycles. The average Bonchev–Trinajstić information content (AvgIpc) is 4.03. The summed E-state index contributed by atoms with van der Waals surface area (Å²) in [5.74, 6) is -0.861. The lowest BCUT2D eigenvalue weighted by atomic mass is 9.85. The molecular formula is C53H58N6O10S. The van der Waals surface area contributed by atoms with E-state index in [1.807, 2.05) is 113 Å². The molecule has 2 aliphatic heterocycles. The van der Waals surface area contributed by atoms with Crippen LogP contribution in [0.4, 0.5) is 11.4 Å². The zero-order chi connectivity index (χ0) is 50.0. The number of likely N-dealkylation sites (tertiary alicyclic amines) is 1. The van der Waals surface area contributed by atoms with Gasteiger partial charge in [-0.25, -0.2) is 4.98 Å². The maximum Gasteiger partial charge on any atom is 0.269 e. The van der Waals surface area contributed by atoms with Crippen LogP contribution in [0.25, 0.3) is 22.1 Å². The van der Waals surface area contributed by atoms with Gasteiger partial charge < -0.3 is 39.8 Å². The minimum Gasteiger partial charge on any atom is -0.491 e. The van der Waals surface area contributed by atoms with Crippen LogP contribution in [0.15, 0.2) is 115 Å². The lowest BCUT2D eigenvalue weighted by Gasteiger charge is -2.35. The molecule has 4 aromatic carbocycles. The van der Waals surface area contributed by atoms with Crippen molar-refractivity contribution in [2.75, 3.05) is 44.5 Å². The Morgan fingerprint density at radius 1 is 0.943 bits per heavy atom. The monoisotopic (exact) mass is 970 g/mol. The molecule has 1 aromatic heterocycles.